The summed E-state index contributed by atoms with van der Waals surface area (Å²) in [4.78, 5) is 64.8. The molecule has 0 spiro atoms. The molecule has 1 heterocycles. The summed E-state index contributed by atoms with van der Waals surface area (Å²) < 4.78 is 27.9. The Hall–Kier alpha value is -4.35. The van der Waals surface area contributed by atoms with E-state index in [0.29, 0.717) is 16.5 Å². The van der Waals surface area contributed by atoms with E-state index in [9.17, 15) is 24.0 Å². The lowest BCUT2D eigenvalue weighted by Gasteiger charge is -2.32. The Morgan fingerprint density at radius 2 is 1.46 bits per heavy atom. The van der Waals surface area contributed by atoms with Gasteiger partial charge in [-0.25, -0.2) is 0 Å². The minimum Gasteiger partial charge on any atom is -0.462 e. The van der Waals surface area contributed by atoms with Crippen LogP contribution in [0.5, 0.6) is 0 Å². The van der Waals surface area contributed by atoms with Crippen LogP contribution in [0, 0.1) is 0 Å². The van der Waals surface area contributed by atoms with Crippen LogP contribution in [0.15, 0.2) is 36.2 Å². The maximum Gasteiger partial charge on any atom is 0.307 e. The van der Waals surface area contributed by atoms with Crippen LogP contribution in [0.25, 0.3) is 17.0 Å². The van der Waals surface area contributed by atoms with Gasteiger partial charge in [-0.1, -0.05) is 18.2 Å². The highest BCUT2D eigenvalue weighted by Crippen LogP contribution is 2.28. The van der Waals surface area contributed by atoms with Crippen molar-refractivity contribution in [3.63, 3.8) is 0 Å². The first-order valence-electron chi connectivity index (χ1n) is 11.1. The Morgan fingerprint density at radius 1 is 0.838 bits per heavy atom. The summed E-state index contributed by atoms with van der Waals surface area (Å²) in [6.07, 6.45) is -1.57. The fraction of sp³-hybridized carbons (Fsp3) is 0.400. The molecular weight excluding hydrogens is 490 g/mol. The molecule has 0 amide bonds. The summed E-state index contributed by atoms with van der Waals surface area (Å²) in [6, 6.07) is 7.17. The van der Waals surface area contributed by atoms with Crippen LogP contribution in [-0.4, -0.2) is 66.6 Å². The van der Waals surface area contributed by atoms with Gasteiger partial charge in [0.05, 0.1) is 11.7 Å². The number of fused-ring (bicyclic) bond motifs is 1. The zero-order valence-electron chi connectivity index (χ0n) is 21.3. The van der Waals surface area contributed by atoms with Crippen LogP contribution in [0.2, 0.25) is 0 Å². The van der Waals surface area contributed by atoms with Crippen molar-refractivity contribution in [1.82, 2.24) is 4.73 Å². The highest BCUT2D eigenvalue weighted by Gasteiger charge is 2.41. The lowest BCUT2D eigenvalue weighted by atomic mass is 10.0. The van der Waals surface area contributed by atoms with E-state index in [2.05, 4.69) is 0 Å². The number of rotatable bonds is 11. The topological polar surface area (TPSA) is 146 Å². The number of aromatic nitrogens is 1. The summed E-state index contributed by atoms with van der Waals surface area (Å²) >= 11 is 0. The van der Waals surface area contributed by atoms with Gasteiger partial charge >= 0.3 is 29.8 Å². The van der Waals surface area contributed by atoms with Crippen LogP contribution in [0.3, 0.4) is 0 Å². The lowest BCUT2D eigenvalue weighted by Crippen LogP contribution is -2.48. The van der Waals surface area contributed by atoms with E-state index < -0.39 is 54.8 Å². The summed E-state index contributed by atoms with van der Waals surface area (Å²) in [5.41, 5.74) is 1.18. The van der Waals surface area contributed by atoms with Crippen LogP contribution >= 0.6 is 0 Å². The molecular formula is C25H29NO11. The van der Waals surface area contributed by atoms with Gasteiger partial charge in [0.1, 0.15) is 13.7 Å². The molecule has 0 saturated heterocycles. The minimum atomic E-state index is -1.59. The predicted molar refractivity (Wildman–Crippen MR) is 127 cm³/mol. The fourth-order valence-corrected chi connectivity index (χ4v) is 3.53. The molecule has 2 aromatic rings. The van der Waals surface area contributed by atoms with Gasteiger partial charge in [-0.15, -0.1) is 0 Å². The van der Waals surface area contributed by atoms with Crippen molar-refractivity contribution in [2.45, 2.75) is 52.9 Å². The van der Waals surface area contributed by atoms with Crippen LogP contribution in [-0.2, 0) is 47.7 Å². The highest BCUT2D eigenvalue weighted by atomic mass is 16.6. The largest absolute Gasteiger partial charge is 0.462 e. The van der Waals surface area contributed by atoms with Gasteiger partial charge in [0.25, 0.3) is 0 Å². The minimum absolute atomic E-state index is 0.243. The molecule has 0 fully saturated rings. The Morgan fingerprint density at radius 3 is 2.00 bits per heavy atom. The standard InChI is InChI=1S/C25H29NO11/c1-14(27)33-13-23(35-16(3)29)25(37-18(5)31)24(36-17(4)30)22(34-15(2)28)11-19-12-26(32-6)21-10-8-7-9-20(19)21/h7-12,23-25H,13H2,1-6H3/b22-11-/t23-,24-,25+/m0/s1. The average molecular weight is 520 g/mol. The maximum absolute atomic E-state index is 12.1. The van der Waals surface area contributed by atoms with Crippen LogP contribution in [0.4, 0.5) is 0 Å². The summed E-state index contributed by atoms with van der Waals surface area (Å²) in [6.45, 7) is 4.98. The van der Waals surface area contributed by atoms with Gasteiger partial charge in [-0.05, 0) is 12.1 Å². The van der Waals surface area contributed by atoms with E-state index in [-0.39, 0.29) is 5.76 Å². The summed E-state index contributed by atoms with van der Waals surface area (Å²) in [7, 11) is 1.46. The van der Waals surface area contributed by atoms with E-state index in [0.717, 1.165) is 34.6 Å². The van der Waals surface area contributed by atoms with E-state index in [1.807, 2.05) is 0 Å². The fourth-order valence-electron chi connectivity index (χ4n) is 3.53. The van der Waals surface area contributed by atoms with Crippen molar-refractivity contribution in [2.75, 3.05) is 13.7 Å². The lowest BCUT2D eigenvalue weighted by molar-refractivity contribution is -0.189. The number of carbonyl (C=O) groups is 5. The second-order valence-corrected chi connectivity index (χ2v) is 7.80. The Bertz CT molecular complexity index is 1200. The number of benzene rings is 1. The van der Waals surface area contributed by atoms with Crippen molar-refractivity contribution in [3.8, 4) is 0 Å². The molecule has 12 heteroatoms. The second-order valence-electron chi connectivity index (χ2n) is 7.80. The molecule has 1 aromatic heterocycles. The SMILES string of the molecule is COn1cc(/C=C(\OC(C)=O)[C@H](OC(C)=O)[C@H](OC(C)=O)[C@H](COC(C)=O)OC(C)=O)c2ccccc21. The third-order valence-electron chi connectivity index (χ3n) is 4.77. The number of para-hydroxylation sites is 1. The van der Waals surface area contributed by atoms with Crippen molar-refractivity contribution >= 4 is 46.8 Å². The molecule has 3 atom stereocenters. The number of nitrogens with zero attached hydrogens (tertiary/aromatic N) is 1. The Balaban J connectivity index is 2.74. The van der Waals surface area contributed by atoms with Gasteiger partial charge in [-0.3, -0.25) is 24.0 Å². The van der Waals surface area contributed by atoms with Gasteiger partial charge in [0.15, 0.2) is 24.1 Å². The van der Waals surface area contributed by atoms with Crippen LogP contribution < -0.4 is 4.84 Å². The Labute approximate surface area is 212 Å². The molecule has 0 saturated carbocycles. The predicted octanol–water partition coefficient (Wildman–Crippen LogP) is 1.96. The average Bonchev–Trinajstić information content (AvgIpc) is 3.15. The van der Waals surface area contributed by atoms with E-state index in [4.69, 9.17) is 28.5 Å². The molecule has 0 bridgehead atoms. The van der Waals surface area contributed by atoms with Gasteiger partial charge in [0, 0.05) is 45.6 Å². The van der Waals surface area contributed by atoms with Crippen molar-refractivity contribution in [1.29, 1.82) is 0 Å². The molecule has 2 rings (SSSR count). The first kappa shape index (κ1) is 28.9. The summed E-state index contributed by atoms with van der Waals surface area (Å²) in [5, 5.41) is 0.691. The molecule has 0 aliphatic carbocycles. The first-order chi connectivity index (χ1) is 17.4. The smallest absolute Gasteiger partial charge is 0.307 e. The highest BCUT2D eigenvalue weighted by molar-refractivity contribution is 5.90. The molecule has 1 aromatic carbocycles. The third kappa shape index (κ3) is 8.37. The van der Waals surface area contributed by atoms with Gasteiger partial charge in [-0.2, -0.15) is 4.73 Å². The molecule has 200 valence electrons. The molecule has 0 aliphatic rings. The Kier molecular flexibility index (Phi) is 10.2. The molecule has 0 aliphatic heterocycles. The normalized spacial score (nSPS) is 13.6. The zero-order chi connectivity index (χ0) is 27.7. The second kappa shape index (κ2) is 13.1. The number of ether oxygens (including phenoxy) is 5. The van der Waals surface area contributed by atoms with Gasteiger partial charge in [0.2, 0.25) is 0 Å². The number of hydrogen-bond acceptors (Lipinski definition) is 11. The third-order valence-corrected chi connectivity index (χ3v) is 4.77. The zero-order valence-corrected chi connectivity index (χ0v) is 21.3. The molecule has 12 nitrogen and oxygen atoms in total. The summed E-state index contributed by atoms with van der Waals surface area (Å²) in [5.74, 6) is -4.17. The van der Waals surface area contributed by atoms with Crippen molar-refractivity contribution in [2.24, 2.45) is 0 Å². The van der Waals surface area contributed by atoms with E-state index >= 15 is 0 Å². The number of carbonyl (C=O) groups excluding carboxylic acids is 5. The van der Waals surface area contributed by atoms with Crippen molar-refractivity contribution in [3.05, 3.63) is 41.8 Å². The van der Waals surface area contributed by atoms with Gasteiger partial charge < -0.3 is 28.5 Å². The van der Waals surface area contributed by atoms with E-state index in [1.165, 1.54) is 17.9 Å². The monoisotopic (exact) mass is 519 g/mol. The quantitative estimate of drug-likeness (QED) is 0.244. The number of esters is 5. The first-order valence-corrected chi connectivity index (χ1v) is 11.1. The molecule has 0 radical (unpaired) electrons. The van der Waals surface area contributed by atoms with Crippen LogP contribution in [0.1, 0.15) is 40.2 Å². The molecule has 0 unspecified atom stereocenters. The maximum atomic E-state index is 12.1. The van der Waals surface area contributed by atoms with Crippen molar-refractivity contribution < 1.29 is 52.5 Å². The molecule has 37 heavy (non-hydrogen) atoms. The number of hydrogen-bond donors (Lipinski definition) is 0. The van der Waals surface area contributed by atoms with E-state index in [1.54, 1.807) is 30.5 Å². The molecule has 0 N–H and O–H groups in total.